The summed E-state index contributed by atoms with van der Waals surface area (Å²) in [7, 11) is -1.34. The van der Waals surface area contributed by atoms with Crippen LogP contribution in [-0.4, -0.2) is 51.9 Å². The van der Waals surface area contributed by atoms with E-state index < -0.39 is 34.4 Å². The van der Waals surface area contributed by atoms with Gasteiger partial charge in [-0.2, -0.15) is 0 Å². The highest BCUT2D eigenvalue weighted by atomic mass is 35.5. The Bertz CT molecular complexity index is 1680. The molecule has 0 aliphatic rings. The number of benzene rings is 4. The van der Waals surface area contributed by atoms with E-state index in [0.717, 1.165) is 9.87 Å². The number of methoxy groups -OCH3 is 1. The SMILES string of the molecule is CNC(=O)C(Cc1ccccc1)N(Cc1c(Cl)cccc1Cl)C(=O)CN(c1ccc(Cl)cc1)S(=O)(=O)c1ccc(OC)cc1. The quantitative estimate of drug-likeness (QED) is 0.192. The molecular weight excluding hydrogens is 645 g/mol. The molecule has 0 aliphatic carbocycles. The molecule has 4 rings (SSSR count). The number of carbonyl (C=O) groups is 2. The maximum Gasteiger partial charge on any atom is 0.264 e. The maximum atomic E-state index is 14.4. The number of amides is 2. The Labute approximate surface area is 272 Å². The van der Waals surface area contributed by atoms with E-state index in [0.29, 0.717) is 26.4 Å². The van der Waals surface area contributed by atoms with Gasteiger partial charge in [-0.25, -0.2) is 8.42 Å². The van der Waals surface area contributed by atoms with Gasteiger partial charge in [-0.3, -0.25) is 13.9 Å². The molecule has 230 valence electrons. The number of rotatable bonds is 12. The number of halogens is 3. The van der Waals surface area contributed by atoms with Gasteiger partial charge in [0.25, 0.3) is 10.0 Å². The summed E-state index contributed by atoms with van der Waals surface area (Å²) in [5, 5.41) is 3.62. The molecule has 0 heterocycles. The largest absolute Gasteiger partial charge is 0.497 e. The summed E-state index contributed by atoms with van der Waals surface area (Å²) in [4.78, 5) is 29.0. The molecule has 0 aliphatic heterocycles. The van der Waals surface area contributed by atoms with E-state index in [1.54, 1.807) is 18.2 Å². The van der Waals surface area contributed by atoms with Crippen molar-refractivity contribution < 1.29 is 22.7 Å². The predicted octanol–water partition coefficient (Wildman–Crippen LogP) is 6.24. The molecular formula is C32H30Cl3N3O5S. The highest BCUT2D eigenvalue weighted by Gasteiger charge is 2.35. The lowest BCUT2D eigenvalue weighted by atomic mass is 10.0. The number of hydrogen-bond acceptors (Lipinski definition) is 5. The molecule has 0 fully saturated rings. The Morgan fingerprint density at radius 1 is 0.841 bits per heavy atom. The fourth-order valence-electron chi connectivity index (χ4n) is 4.59. The number of likely N-dealkylation sites (N-methyl/N-ethyl adjacent to an activating group) is 1. The van der Waals surface area contributed by atoms with Crippen LogP contribution >= 0.6 is 34.8 Å². The Hall–Kier alpha value is -3.76. The Kier molecular flexibility index (Phi) is 11.2. The zero-order valence-corrected chi connectivity index (χ0v) is 27.0. The predicted molar refractivity (Wildman–Crippen MR) is 174 cm³/mol. The Morgan fingerprint density at radius 3 is 2.02 bits per heavy atom. The molecule has 1 unspecified atom stereocenters. The summed E-state index contributed by atoms with van der Waals surface area (Å²) >= 11 is 19.1. The van der Waals surface area contributed by atoms with Crippen molar-refractivity contribution in [3.63, 3.8) is 0 Å². The Morgan fingerprint density at radius 2 is 1.45 bits per heavy atom. The fraction of sp³-hybridized carbons (Fsp3) is 0.188. The van der Waals surface area contributed by atoms with Crippen molar-refractivity contribution in [2.75, 3.05) is 25.0 Å². The van der Waals surface area contributed by atoms with Crippen molar-refractivity contribution in [1.29, 1.82) is 0 Å². The summed E-state index contributed by atoms with van der Waals surface area (Å²) in [5.74, 6) is -0.630. The van der Waals surface area contributed by atoms with Crippen molar-refractivity contribution in [3.05, 3.63) is 123 Å². The summed E-state index contributed by atoms with van der Waals surface area (Å²) in [6, 6.07) is 25.0. The zero-order chi connectivity index (χ0) is 31.9. The third-order valence-electron chi connectivity index (χ3n) is 6.95. The van der Waals surface area contributed by atoms with Gasteiger partial charge in [-0.15, -0.1) is 0 Å². The molecule has 0 spiro atoms. The molecule has 1 atom stereocenters. The van der Waals surface area contributed by atoms with Crippen LogP contribution in [0, 0.1) is 0 Å². The number of hydrogen-bond donors (Lipinski definition) is 1. The number of carbonyl (C=O) groups excluding carboxylic acids is 2. The van der Waals surface area contributed by atoms with Gasteiger partial charge in [0.1, 0.15) is 18.3 Å². The average Bonchev–Trinajstić information content (AvgIpc) is 3.03. The first-order valence-corrected chi connectivity index (χ1v) is 16.0. The lowest BCUT2D eigenvalue weighted by molar-refractivity contribution is -0.139. The number of nitrogens with zero attached hydrogens (tertiary/aromatic N) is 2. The minimum atomic E-state index is -4.29. The van der Waals surface area contributed by atoms with E-state index >= 15 is 0 Å². The minimum absolute atomic E-state index is 0.0612. The van der Waals surface area contributed by atoms with Crippen LogP contribution in [0.3, 0.4) is 0 Å². The molecule has 0 bridgehead atoms. The summed E-state index contributed by atoms with van der Waals surface area (Å²) in [6.07, 6.45) is 0.153. The number of anilines is 1. The Balaban J connectivity index is 1.81. The van der Waals surface area contributed by atoms with Gasteiger partial charge in [-0.05, 0) is 66.2 Å². The highest BCUT2D eigenvalue weighted by molar-refractivity contribution is 7.92. The van der Waals surface area contributed by atoms with Gasteiger partial charge < -0.3 is 15.0 Å². The van der Waals surface area contributed by atoms with Crippen LogP contribution in [0.15, 0.2) is 102 Å². The van der Waals surface area contributed by atoms with Gasteiger partial charge >= 0.3 is 0 Å². The van der Waals surface area contributed by atoms with Gasteiger partial charge in [0, 0.05) is 40.6 Å². The second-order valence-corrected chi connectivity index (χ2v) is 12.8. The molecule has 4 aromatic rings. The molecule has 2 amide bonds. The summed E-state index contributed by atoms with van der Waals surface area (Å²) < 4.78 is 34.3. The number of sulfonamides is 1. The lowest BCUT2D eigenvalue weighted by Crippen LogP contribution is -2.53. The molecule has 44 heavy (non-hydrogen) atoms. The maximum absolute atomic E-state index is 14.4. The second-order valence-electron chi connectivity index (χ2n) is 9.71. The van der Waals surface area contributed by atoms with Crippen LogP contribution in [-0.2, 0) is 32.6 Å². The first kappa shape index (κ1) is 33.1. The van der Waals surface area contributed by atoms with Crippen LogP contribution in [0.5, 0.6) is 5.75 Å². The first-order valence-electron chi connectivity index (χ1n) is 13.5. The first-order chi connectivity index (χ1) is 21.0. The van der Waals surface area contributed by atoms with Crippen LogP contribution in [0.1, 0.15) is 11.1 Å². The number of ether oxygens (including phenoxy) is 1. The van der Waals surface area contributed by atoms with E-state index in [4.69, 9.17) is 39.5 Å². The normalized spacial score (nSPS) is 11.8. The summed E-state index contributed by atoms with van der Waals surface area (Å²) in [5.41, 5.74) is 1.42. The standard InChI is InChI=1S/C32H30Cl3N3O5S/c1-36-32(40)30(19-22-7-4-3-5-8-22)37(20-27-28(34)9-6-10-29(27)35)31(39)21-38(24-13-11-23(33)12-14-24)44(41,42)26-17-15-25(43-2)16-18-26/h3-18,30H,19-21H2,1-2H3,(H,36,40). The van der Waals surface area contributed by atoms with Crippen LogP contribution in [0.25, 0.3) is 0 Å². The van der Waals surface area contributed by atoms with Crippen LogP contribution in [0.2, 0.25) is 15.1 Å². The summed E-state index contributed by atoms with van der Waals surface area (Å²) in [6.45, 7) is -0.792. The highest BCUT2D eigenvalue weighted by Crippen LogP contribution is 2.30. The van der Waals surface area contributed by atoms with Crippen molar-refractivity contribution in [3.8, 4) is 5.75 Å². The molecule has 4 aromatic carbocycles. The minimum Gasteiger partial charge on any atom is -0.497 e. The van der Waals surface area contributed by atoms with Gasteiger partial charge in [0.15, 0.2) is 0 Å². The third kappa shape index (κ3) is 7.84. The van der Waals surface area contributed by atoms with Crippen molar-refractivity contribution in [2.45, 2.75) is 23.9 Å². The molecule has 0 saturated carbocycles. The number of nitrogens with one attached hydrogen (secondary N) is 1. The third-order valence-corrected chi connectivity index (χ3v) is 9.70. The lowest BCUT2D eigenvalue weighted by Gasteiger charge is -2.34. The van der Waals surface area contributed by atoms with Crippen LogP contribution in [0.4, 0.5) is 5.69 Å². The smallest absolute Gasteiger partial charge is 0.264 e. The molecule has 0 radical (unpaired) electrons. The van der Waals surface area contributed by atoms with E-state index in [1.165, 1.54) is 67.6 Å². The van der Waals surface area contributed by atoms with E-state index in [9.17, 15) is 18.0 Å². The fourth-order valence-corrected chi connectivity index (χ4v) is 6.64. The van der Waals surface area contributed by atoms with Crippen molar-refractivity contribution >= 4 is 62.3 Å². The molecule has 12 heteroatoms. The average molecular weight is 675 g/mol. The van der Waals surface area contributed by atoms with Gasteiger partial charge in [-0.1, -0.05) is 71.2 Å². The zero-order valence-electron chi connectivity index (χ0n) is 23.9. The van der Waals surface area contributed by atoms with Crippen molar-refractivity contribution in [2.24, 2.45) is 0 Å². The molecule has 0 aromatic heterocycles. The molecule has 0 saturated heterocycles. The van der Waals surface area contributed by atoms with E-state index in [-0.39, 0.29) is 23.5 Å². The van der Waals surface area contributed by atoms with Crippen LogP contribution < -0.4 is 14.4 Å². The topological polar surface area (TPSA) is 96.0 Å². The van der Waals surface area contributed by atoms with E-state index in [2.05, 4.69) is 5.32 Å². The molecule has 8 nitrogen and oxygen atoms in total. The van der Waals surface area contributed by atoms with E-state index in [1.807, 2.05) is 30.3 Å². The van der Waals surface area contributed by atoms with Crippen molar-refractivity contribution in [1.82, 2.24) is 10.2 Å². The van der Waals surface area contributed by atoms with Gasteiger partial charge in [0.2, 0.25) is 11.8 Å². The molecule has 1 N–H and O–H groups in total. The monoisotopic (exact) mass is 673 g/mol. The second kappa shape index (κ2) is 14.8. The van der Waals surface area contributed by atoms with Gasteiger partial charge in [0.05, 0.1) is 17.7 Å².